The minimum atomic E-state index is -0.612. The van der Waals surface area contributed by atoms with Gasteiger partial charge < -0.3 is 9.80 Å². The average Bonchev–Trinajstić information content (AvgIpc) is 3.33. The molecule has 0 saturated carbocycles. The maximum atomic E-state index is 14.9. The van der Waals surface area contributed by atoms with Crippen LogP contribution in [0, 0.1) is 17.6 Å². The van der Waals surface area contributed by atoms with Crippen LogP contribution in [0.3, 0.4) is 0 Å². The second-order valence-corrected chi connectivity index (χ2v) is 13.2. The topological polar surface area (TPSA) is 43.9 Å². The normalized spacial score (nSPS) is 23.3. The monoisotopic (exact) mass is 571 g/mol. The highest BCUT2D eigenvalue weighted by Gasteiger charge is 2.45. The highest BCUT2D eigenvalue weighted by Crippen LogP contribution is 2.41. The van der Waals surface area contributed by atoms with Gasteiger partial charge in [0.25, 0.3) is 0 Å². The lowest BCUT2D eigenvalue weighted by Gasteiger charge is -2.37. The average molecular weight is 572 g/mol. The molecule has 8 heteroatoms. The molecular weight excluding hydrogens is 532 g/mol. The Morgan fingerprint density at radius 1 is 0.925 bits per heavy atom. The van der Waals surface area contributed by atoms with Crippen LogP contribution < -0.4 is 0 Å². The molecule has 3 aliphatic heterocycles. The van der Waals surface area contributed by atoms with E-state index < -0.39 is 17.6 Å². The van der Waals surface area contributed by atoms with Crippen LogP contribution >= 0.6 is 11.6 Å². The third-order valence-electron chi connectivity index (χ3n) is 9.25. The third kappa shape index (κ3) is 5.78. The number of hydrogen-bond donors (Lipinski definition) is 0. The molecule has 2 unspecified atom stereocenters. The Kier molecular flexibility index (Phi) is 8.27. The zero-order valence-corrected chi connectivity index (χ0v) is 24.7. The van der Waals surface area contributed by atoms with Crippen LogP contribution in [-0.2, 0) is 9.59 Å². The summed E-state index contributed by atoms with van der Waals surface area (Å²) >= 11 is 6.37. The van der Waals surface area contributed by atoms with E-state index in [0.717, 1.165) is 49.5 Å². The van der Waals surface area contributed by atoms with E-state index in [1.807, 2.05) is 34.9 Å². The van der Waals surface area contributed by atoms with Crippen LogP contribution in [0.1, 0.15) is 81.4 Å². The molecule has 5 rings (SSSR count). The summed E-state index contributed by atoms with van der Waals surface area (Å²) in [7, 11) is 0. The number of amides is 2. The fourth-order valence-corrected chi connectivity index (χ4v) is 6.78. The fourth-order valence-electron chi connectivity index (χ4n) is 6.60. The molecule has 40 heavy (non-hydrogen) atoms. The molecule has 0 N–H and O–H groups in total. The molecule has 0 aliphatic carbocycles. The van der Waals surface area contributed by atoms with E-state index in [1.54, 1.807) is 0 Å². The molecule has 216 valence electrons. The fraction of sp³-hybridized carbons (Fsp3) is 0.562. The van der Waals surface area contributed by atoms with E-state index in [9.17, 15) is 18.4 Å². The Hall–Kier alpha value is -2.51. The first-order valence-electron chi connectivity index (χ1n) is 14.5. The molecule has 0 aromatic heterocycles. The molecule has 0 spiro atoms. The minimum Gasteiger partial charge on any atom is -0.342 e. The molecule has 2 amide bonds. The summed E-state index contributed by atoms with van der Waals surface area (Å²) in [4.78, 5) is 33.0. The van der Waals surface area contributed by atoms with Gasteiger partial charge in [0.2, 0.25) is 11.8 Å². The first-order chi connectivity index (χ1) is 18.9. The van der Waals surface area contributed by atoms with Gasteiger partial charge in [-0.2, -0.15) is 0 Å². The number of piperidine rings is 1. The van der Waals surface area contributed by atoms with Crippen molar-refractivity contribution in [1.29, 1.82) is 0 Å². The van der Waals surface area contributed by atoms with Crippen molar-refractivity contribution in [2.75, 3.05) is 39.3 Å². The number of likely N-dealkylation sites (tertiary alicyclic amines) is 3. The van der Waals surface area contributed by atoms with Crippen molar-refractivity contribution in [3.8, 4) is 0 Å². The number of carbonyl (C=O) groups excluding carboxylic acids is 2. The van der Waals surface area contributed by atoms with Crippen LogP contribution in [0.15, 0.2) is 36.4 Å². The highest BCUT2D eigenvalue weighted by atomic mass is 35.5. The number of hydrogen-bond acceptors (Lipinski definition) is 3. The van der Waals surface area contributed by atoms with Crippen LogP contribution in [0.5, 0.6) is 0 Å². The van der Waals surface area contributed by atoms with Gasteiger partial charge in [-0.1, -0.05) is 23.7 Å². The minimum absolute atomic E-state index is 0.0385. The van der Waals surface area contributed by atoms with Crippen LogP contribution in [0.25, 0.3) is 0 Å². The molecule has 3 atom stereocenters. The third-order valence-corrected chi connectivity index (χ3v) is 9.48. The van der Waals surface area contributed by atoms with Crippen molar-refractivity contribution >= 4 is 23.4 Å². The standard InChI is InChI=1S/C32H40ClF2N3O2/c1-20(30(39)36-12-5-13-36)26-16-22(33)6-8-24(26)21-10-14-37(15-11-21)31(40)28-19-38(32(2,3)4)18-27(28)25-9-7-23(34)17-29(25)35/h6-9,16-17,20-21,27-28H,5,10-15,18-19H2,1-4H3/t20-,27?,28?/m0/s1. The summed E-state index contributed by atoms with van der Waals surface area (Å²) in [6.45, 7) is 12.2. The quantitative estimate of drug-likeness (QED) is 0.431. The van der Waals surface area contributed by atoms with Gasteiger partial charge in [0.15, 0.2) is 0 Å². The van der Waals surface area contributed by atoms with E-state index in [1.165, 1.54) is 12.1 Å². The lowest BCUT2D eigenvalue weighted by Crippen LogP contribution is -2.45. The SMILES string of the molecule is C[C@H](C(=O)N1CCC1)c1cc(Cl)ccc1C1CCN(C(=O)C2CN(C(C)(C)C)CC2c2ccc(F)cc2F)CC1. The van der Waals surface area contributed by atoms with Gasteiger partial charge in [0.05, 0.1) is 11.8 Å². The Balaban J connectivity index is 1.32. The number of carbonyl (C=O) groups is 2. The van der Waals surface area contributed by atoms with Gasteiger partial charge in [0.1, 0.15) is 11.6 Å². The molecule has 3 fully saturated rings. The Morgan fingerprint density at radius 2 is 1.60 bits per heavy atom. The van der Waals surface area contributed by atoms with Gasteiger partial charge in [-0.05, 0) is 87.8 Å². The van der Waals surface area contributed by atoms with E-state index in [0.29, 0.717) is 36.8 Å². The molecule has 3 aliphatic rings. The molecule has 0 bridgehead atoms. The zero-order valence-electron chi connectivity index (χ0n) is 23.9. The van der Waals surface area contributed by atoms with Gasteiger partial charge in [-0.15, -0.1) is 0 Å². The van der Waals surface area contributed by atoms with Crippen LogP contribution in [0.2, 0.25) is 5.02 Å². The van der Waals surface area contributed by atoms with Crippen molar-refractivity contribution in [1.82, 2.24) is 14.7 Å². The molecule has 3 saturated heterocycles. The largest absolute Gasteiger partial charge is 0.342 e. The van der Waals surface area contributed by atoms with E-state index in [4.69, 9.17) is 11.6 Å². The van der Waals surface area contributed by atoms with Gasteiger partial charge in [0, 0.05) is 61.8 Å². The summed E-state index contributed by atoms with van der Waals surface area (Å²) in [5.74, 6) is -1.78. The predicted octanol–water partition coefficient (Wildman–Crippen LogP) is 6.17. The molecule has 5 nitrogen and oxygen atoms in total. The summed E-state index contributed by atoms with van der Waals surface area (Å²) < 4.78 is 28.6. The lowest BCUT2D eigenvalue weighted by molar-refractivity contribution is -0.137. The summed E-state index contributed by atoms with van der Waals surface area (Å²) in [5, 5.41) is 0.623. The molecule has 0 radical (unpaired) electrons. The first-order valence-corrected chi connectivity index (χ1v) is 14.9. The second kappa shape index (κ2) is 11.4. The van der Waals surface area contributed by atoms with Crippen molar-refractivity contribution in [3.63, 3.8) is 0 Å². The molecule has 2 aromatic carbocycles. The predicted molar refractivity (Wildman–Crippen MR) is 154 cm³/mol. The lowest BCUT2D eigenvalue weighted by atomic mass is 9.81. The van der Waals surface area contributed by atoms with Crippen molar-refractivity contribution in [2.24, 2.45) is 5.92 Å². The van der Waals surface area contributed by atoms with Crippen molar-refractivity contribution in [2.45, 2.75) is 70.3 Å². The Bertz CT molecular complexity index is 1270. The molecule has 2 aromatic rings. The highest BCUT2D eigenvalue weighted by molar-refractivity contribution is 6.30. The second-order valence-electron chi connectivity index (χ2n) is 12.7. The number of halogens is 3. The van der Waals surface area contributed by atoms with Gasteiger partial charge >= 0.3 is 0 Å². The maximum Gasteiger partial charge on any atom is 0.229 e. The smallest absolute Gasteiger partial charge is 0.229 e. The Labute approximate surface area is 241 Å². The molecular formula is C32H40ClF2N3O2. The Morgan fingerprint density at radius 3 is 2.20 bits per heavy atom. The van der Waals surface area contributed by atoms with Gasteiger partial charge in [-0.3, -0.25) is 14.5 Å². The number of nitrogens with zero attached hydrogens (tertiary/aromatic N) is 3. The maximum absolute atomic E-state index is 14.9. The first kappa shape index (κ1) is 29.0. The van der Waals surface area contributed by atoms with Crippen molar-refractivity contribution < 1.29 is 18.4 Å². The zero-order chi connectivity index (χ0) is 28.8. The summed E-state index contributed by atoms with van der Waals surface area (Å²) in [6, 6.07) is 9.56. The van der Waals surface area contributed by atoms with Gasteiger partial charge in [-0.25, -0.2) is 8.78 Å². The number of rotatable bonds is 5. The van der Waals surface area contributed by atoms with E-state index in [-0.39, 0.29) is 35.1 Å². The van der Waals surface area contributed by atoms with Crippen LogP contribution in [0.4, 0.5) is 8.78 Å². The number of benzene rings is 2. The van der Waals surface area contributed by atoms with E-state index in [2.05, 4.69) is 25.7 Å². The van der Waals surface area contributed by atoms with Crippen molar-refractivity contribution in [3.05, 3.63) is 69.7 Å². The summed E-state index contributed by atoms with van der Waals surface area (Å²) in [5.41, 5.74) is 2.36. The van der Waals surface area contributed by atoms with Crippen LogP contribution in [-0.4, -0.2) is 71.3 Å². The van der Waals surface area contributed by atoms with E-state index >= 15 is 0 Å². The molecule has 3 heterocycles. The summed E-state index contributed by atoms with van der Waals surface area (Å²) in [6.07, 6.45) is 2.63.